The number of anilines is 1. The number of benzene rings is 2. The average molecular weight is 429 g/mol. The maximum Gasteiger partial charge on any atom is 0.331 e. The summed E-state index contributed by atoms with van der Waals surface area (Å²) in [5, 5.41) is 2.70. The predicted molar refractivity (Wildman–Crippen MR) is 117 cm³/mol. The summed E-state index contributed by atoms with van der Waals surface area (Å²) < 4.78 is 26.5. The SMILES string of the molecule is CCOc1ccccc1NC(=O)C(C)OC(=O)/C=C/c1cc(OC)c(OC)cc1OC. The van der Waals surface area contributed by atoms with E-state index in [4.69, 9.17) is 23.7 Å². The average Bonchev–Trinajstić information content (AvgIpc) is 2.78. The molecule has 1 atom stereocenters. The van der Waals surface area contributed by atoms with Crippen molar-refractivity contribution in [3.8, 4) is 23.0 Å². The van der Waals surface area contributed by atoms with Gasteiger partial charge in [-0.15, -0.1) is 0 Å². The number of amides is 1. The van der Waals surface area contributed by atoms with Crippen LogP contribution in [0, 0.1) is 0 Å². The second-order valence-corrected chi connectivity index (χ2v) is 6.28. The Bertz CT molecular complexity index is 940. The Morgan fingerprint density at radius 1 is 0.968 bits per heavy atom. The van der Waals surface area contributed by atoms with Gasteiger partial charge in [0.05, 0.1) is 33.6 Å². The number of carbonyl (C=O) groups is 2. The molecule has 31 heavy (non-hydrogen) atoms. The zero-order valence-corrected chi connectivity index (χ0v) is 18.3. The fourth-order valence-corrected chi connectivity index (χ4v) is 2.69. The molecule has 8 heteroatoms. The van der Waals surface area contributed by atoms with Crippen LogP contribution in [-0.2, 0) is 14.3 Å². The van der Waals surface area contributed by atoms with Crippen LogP contribution in [-0.4, -0.2) is 45.9 Å². The summed E-state index contributed by atoms with van der Waals surface area (Å²) in [6.45, 7) is 3.80. The highest BCUT2D eigenvalue weighted by Gasteiger charge is 2.18. The van der Waals surface area contributed by atoms with Gasteiger partial charge in [0.25, 0.3) is 5.91 Å². The number of hydrogen-bond donors (Lipinski definition) is 1. The molecule has 0 aliphatic heterocycles. The Morgan fingerprint density at radius 2 is 1.61 bits per heavy atom. The third-order valence-electron chi connectivity index (χ3n) is 4.24. The molecule has 2 aromatic carbocycles. The topological polar surface area (TPSA) is 92.3 Å². The number of nitrogens with one attached hydrogen (secondary N) is 1. The van der Waals surface area contributed by atoms with E-state index < -0.39 is 18.0 Å². The molecule has 0 bridgehead atoms. The number of esters is 1. The maximum absolute atomic E-state index is 12.4. The van der Waals surface area contributed by atoms with Crippen molar-refractivity contribution in [2.45, 2.75) is 20.0 Å². The summed E-state index contributed by atoms with van der Waals surface area (Å²) in [7, 11) is 4.53. The second kappa shape index (κ2) is 11.5. The fraction of sp³-hybridized carbons (Fsp3) is 0.304. The molecule has 0 heterocycles. The van der Waals surface area contributed by atoms with Crippen molar-refractivity contribution in [1.82, 2.24) is 0 Å². The van der Waals surface area contributed by atoms with Gasteiger partial charge in [-0.1, -0.05) is 12.1 Å². The first-order valence-corrected chi connectivity index (χ1v) is 9.64. The molecule has 0 saturated heterocycles. The number of rotatable bonds is 10. The Kier molecular flexibility index (Phi) is 8.75. The number of para-hydroxylation sites is 2. The summed E-state index contributed by atoms with van der Waals surface area (Å²) in [6, 6.07) is 10.3. The number of carbonyl (C=O) groups excluding carboxylic acids is 2. The Balaban J connectivity index is 2.05. The zero-order chi connectivity index (χ0) is 22.8. The largest absolute Gasteiger partial charge is 0.496 e. The minimum atomic E-state index is -1.01. The molecule has 2 rings (SSSR count). The first-order chi connectivity index (χ1) is 14.9. The van der Waals surface area contributed by atoms with Crippen LogP contribution in [0.5, 0.6) is 23.0 Å². The molecule has 0 fully saturated rings. The van der Waals surface area contributed by atoms with Crippen molar-refractivity contribution in [1.29, 1.82) is 0 Å². The van der Waals surface area contributed by atoms with Crippen LogP contribution in [0.15, 0.2) is 42.5 Å². The minimum absolute atomic E-state index is 0.460. The van der Waals surface area contributed by atoms with Gasteiger partial charge in [0, 0.05) is 17.7 Å². The summed E-state index contributed by atoms with van der Waals surface area (Å²) in [5.74, 6) is 0.848. The maximum atomic E-state index is 12.4. The molecule has 1 unspecified atom stereocenters. The van der Waals surface area contributed by atoms with Crippen molar-refractivity contribution in [3.05, 3.63) is 48.0 Å². The molecule has 0 saturated carbocycles. The van der Waals surface area contributed by atoms with E-state index in [-0.39, 0.29) is 0 Å². The molecule has 0 aliphatic carbocycles. The summed E-state index contributed by atoms with van der Waals surface area (Å²) >= 11 is 0. The van der Waals surface area contributed by atoms with E-state index in [2.05, 4.69) is 5.32 Å². The lowest BCUT2D eigenvalue weighted by atomic mass is 10.1. The highest BCUT2D eigenvalue weighted by molar-refractivity contribution is 5.97. The smallest absolute Gasteiger partial charge is 0.331 e. The second-order valence-electron chi connectivity index (χ2n) is 6.28. The standard InChI is InChI=1S/C23H27NO7/c1-6-30-18-10-8-7-9-17(18)24-23(26)15(2)31-22(25)12-11-16-13-20(28-4)21(29-5)14-19(16)27-3/h7-15H,6H2,1-5H3,(H,24,26)/b12-11+. The molecule has 0 radical (unpaired) electrons. The van der Waals surface area contributed by atoms with Gasteiger partial charge in [-0.2, -0.15) is 0 Å². The monoisotopic (exact) mass is 429 g/mol. The van der Waals surface area contributed by atoms with Gasteiger partial charge in [0.1, 0.15) is 11.5 Å². The van der Waals surface area contributed by atoms with Crippen molar-refractivity contribution in [3.63, 3.8) is 0 Å². The Hall–Kier alpha value is -3.68. The molecule has 1 amide bonds. The first-order valence-electron chi connectivity index (χ1n) is 9.64. The van der Waals surface area contributed by atoms with E-state index in [1.54, 1.807) is 36.4 Å². The molecular formula is C23H27NO7. The van der Waals surface area contributed by atoms with Crippen LogP contribution in [0.25, 0.3) is 6.08 Å². The Morgan fingerprint density at radius 3 is 2.26 bits per heavy atom. The highest BCUT2D eigenvalue weighted by Crippen LogP contribution is 2.35. The van der Waals surface area contributed by atoms with Crippen molar-refractivity contribution in [2.24, 2.45) is 0 Å². The van der Waals surface area contributed by atoms with Crippen LogP contribution < -0.4 is 24.3 Å². The fourth-order valence-electron chi connectivity index (χ4n) is 2.69. The van der Waals surface area contributed by atoms with Crippen LogP contribution in [0.1, 0.15) is 19.4 Å². The lowest BCUT2D eigenvalue weighted by Crippen LogP contribution is -2.29. The van der Waals surface area contributed by atoms with Crippen molar-refractivity contribution >= 4 is 23.6 Å². The zero-order valence-electron chi connectivity index (χ0n) is 18.3. The van der Waals surface area contributed by atoms with E-state index in [9.17, 15) is 9.59 Å². The molecule has 0 spiro atoms. The van der Waals surface area contributed by atoms with Crippen molar-refractivity contribution < 1.29 is 33.3 Å². The van der Waals surface area contributed by atoms with Crippen LogP contribution >= 0.6 is 0 Å². The highest BCUT2D eigenvalue weighted by atomic mass is 16.5. The molecule has 2 aromatic rings. The van der Waals surface area contributed by atoms with Gasteiger partial charge in [-0.05, 0) is 38.1 Å². The predicted octanol–water partition coefficient (Wildman–Crippen LogP) is 3.69. The Labute approximate surface area is 181 Å². The molecule has 1 N–H and O–H groups in total. The van der Waals surface area contributed by atoms with E-state index in [1.807, 2.05) is 6.92 Å². The molecule has 166 valence electrons. The lowest BCUT2D eigenvalue weighted by molar-refractivity contribution is -0.148. The molecule has 0 aliphatic rings. The summed E-state index contributed by atoms with van der Waals surface area (Å²) in [5.41, 5.74) is 1.09. The summed E-state index contributed by atoms with van der Waals surface area (Å²) in [6.07, 6.45) is 1.71. The third-order valence-corrected chi connectivity index (χ3v) is 4.24. The molecule has 8 nitrogen and oxygen atoms in total. The minimum Gasteiger partial charge on any atom is -0.496 e. The number of hydrogen-bond acceptors (Lipinski definition) is 7. The van der Waals surface area contributed by atoms with Gasteiger partial charge in [0.15, 0.2) is 17.6 Å². The van der Waals surface area contributed by atoms with E-state index in [0.717, 1.165) is 0 Å². The number of methoxy groups -OCH3 is 3. The van der Waals surface area contributed by atoms with Gasteiger partial charge in [-0.25, -0.2) is 4.79 Å². The van der Waals surface area contributed by atoms with E-state index in [0.29, 0.717) is 40.9 Å². The van der Waals surface area contributed by atoms with Crippen LogP contribution in [0.2, 0.25) is 0 Å². The molecule has 0 aromatic heterocycles. The van der Waals surface area contributed by atoms with Crippen molar-refractivity contribution in [2.75, 3.05) is 33.3 Å². The van der Waals surface area contributed by atoms with Gasteiger partial charge in [0.2, 0.25) is 0 Å². The van der Waals surface area contributed by atoms with Crippen LogP contribution in [0.3, 0.4) is 0 Å². The normalized spacial score (nSPS) is 11.5. The van der Waals surface area contributed by atoms with Gasteiger partial charge in [-0.3, -0.25) is 4.79 Å². The van der Waals surface area contributed by atoms with E-state index >= 15 is 0 Å². The quantitative estimate of drug-likeness (QED) is 0.455. The lowest BCUT2D eigenvalue weighted by Gasteiger charge is -2.15. The van der Waals surface area contributed by atoms with Crippen LogP contribution in [0.4, 0.5) is 5.69 Å². The third kappa shape index (κ3) is 6.40. The molecular weight excluding hydrogens is 402 g/mol. The summed E-state index contributed by atoms with van der Waals surface area (Å²) in [4.78, 5) is 24.6. The van der Waals surface area contributed by atoms with Gasteiger partial charge < -0.3 is 29.0 Å². The van der Waals surface area contributed by atoms with Gasteiger partial charge >= 0.3 is 5.97 Å². The number of ether oxygens (including phenoxy) is 5. The first kappa shape index (κ1) is 23.6. The van der Waals surface area contributed by atoms with E-state index in [1.165, 1.54) is 40.4 Å².